The SMILES string of the molecule is CC(N)C1Cc2cc(F)cc(CC3C=NN[C@@H]3C)c2O1. The summed E-state index contributed by atoms with van der Waals surface area (Å²) in [7, 11) is 0. The number of hydrazone groups is 1. The summed E-state index contributed by atoms with van der Waals surface area (Å²) in [5.41, 5.74) is 10.8. The first-order chi connectivity index (χ1) is 9.54. The molecule has 0 fully saturated rings. The lowest BCUT2D eigenvalue weighted by Gasteiger charge is -2.17. The first-order valence-electron chi connectivity index (χ1n) is 7.07. The van der Waals surface area contributed by atoms with Crippen molar-refractivity contribution in [3.8, 4) is 5.75 Å². The van der Waals surface area contributed by atoms with Crippen LogP contribution in [0.3, 0.4) is 0 Å². The summed E-state index contributed by atoms with van der Waals surface area (Å²) in [6.45, 7) is 3.99. The molecule has 1 aromatic carbocycles. The Labute approximate surface area is 118 Å². The molecule has 20 heavy (non-hydrogen) atoms. The van der Waals surface area contributed by atoms with E-state index in [4.69, 9.17) is 10.5 Å². The van der Waals surface area contributed by atoms with Gasteiger partial charge in [0.05, 0.1) is 0 Å². The van der Waals surface area contributed by atoms with Gasteiger partial charge in [0, 0.05) is 36.2 Å². The van der Waals surface area contributed by atoms with E-state index in [9.17, 15) is 4.39 Å². The van der Waals surface area contributed by atoms with Crippen molar-refractivity contribution in [3.63, 3.8) is 0 Å². The number of benzene rings is 1. The van der Waals surface area contributed by atoms with Crippen LogP contribution in [0.5, 0.6) is 5.75 Å². The number of fused-ring (bicyclic) bond motifs is 1. The minimum atomic E-state index is -0.205. The Morgan fingerprint density at radius 2 is 2.35 bits per heavy atom. The summed E-state index contributed by atoms with van der Waals surface area (Å²) < 4.78 is 19.7. The van der Waals surface area contributed by atoms with Crippen LogP contribution < -0.4 is 15.9 Å². The Morgan fingerprint density at radius 3 is 3.00 bits per heavy atom. The zero-order chi connectivity index (χ0) is 14.3. The molecule has 0 radical (unpaired) electrons. The highest BCUT2D eigenvalue weighted by atomic mass is 19.1. The second kappa shape index (κ2) is 5.05. The van der Waals surface area contributed by atoms with Crippen molar-refractivity contribution in [3.05, 3.63) is 29.1 Å². The standard InChI is InChI=1S/C15H20FN3O/c1-8(17)14-6-11-5-13(16)4-10(15(11)20-14)3-12-7-18-19-9(12)2/h4-5,7-9,12,14,19H,3,6,17H2,1-2H3/t8?,9-,12?,14?/m1/s1. The second-order valence-corrected chi connectivity index (χ2v) is 5.84. The molecular weight excluding hydrogens is 257 g/mol. The van der Waals surface area contributed by atoms with E-state index >= 15 is 0 Å². The third-order valence-electron chi connectivity index (χ3n) is 4.13. The number of hydrogen-bond acceptors (Lipinski definition) is 4. The van der Waals surface area contributed by atoms with Gasteiger partial charge in [0.25, 0.3) is 0 Å². The maximum Gasteiger partial charge on any atom is 0.126 e. The van der Waals surface area contributed by atoms with Gasteiger partial charge < -0.3 is 15.9 Å². The number of ether oxygens (including phenoxy) is 1. The third-order valence-corrected chi connectivity index (χ3v) is 4.13. The van der Waals surface area contributed by atoms with Crippen molar-refractivity contribution >= 4 is 6.21 Å². The lowest BCUT2D eigenvalue weighted by molar-refractivity contribution is 0.204. The van der Waals surface area contributed by atoms with Crippen molar-refractivity contribution in [1.29, 1.82) is 0 Å². The van der Waals surface area contributed by atoms with Crippen molar-refractivity contribution in [2.24, 2.45) is 16.8 Å². The average Bonchev–Trinajstić information content (AvgIpc) is 2.96. The summed E-state index contributed by atoms with van der Waals surface area (Å²) in [6.07, 6.45) is 3.24. The van der Waals surface area contributed by atoms with Crippen LogP contribution in [0.4, 0.5) is 4.39 Å². The van der Waals surface area contributed by atoms with Gasteiger partial charge in [-0.05, 0) is 38.0 Å². The summed E-state index contributed by atoms with van der Waals surface area (Å²) >= 11 is 0. The van der Waals surface area contributed by atoms with Gasteiger partial charge in [0.15, 0.2) is 0 Å². The van der Waals surface area contributed by atoms with E-state index in [1.807, 2.05) is 13.1 Å². The molecule has 3 unspecified atom stereocenters. The first kappa shape index (κ1) is 13.4. The van der Waals surface area contributed by atoms with Gasteiger partial charge in [-0.15, -0.1) is 0 Å². The van der Waals surface area contributed by atoms with Crippen molar-refractivity contribution in [2.45, 2.75) is 44.9 Å². The number of nitrogens with zero attached hydrogens (tertiary/aromatic N) is 1. The van der Waals surface area contributed by atoms with E-state index < -0.39 is 0 Å². The number of rotatable bonds is 3. The van der Waals surface area contributed by atoms with Crippen LogP contribution in [0.25, 0.3) is 0 Å². The van der Waals surface area contributed by atoms with E-state index in [2.05, 4.69) is 17.5 Å². The molecule has 2 heterocycles. The molecule has 108 valence electrons. The number of nitrogens with two attached hydrogens (primary N) is 1. The molecule has 3 N–H and O–H groups in total. The van der Waals surface area contributed by atoms with E-state index in [1.54, 1.807) is 12.1 Å². The summed E-state index contributed by atoms with van der Waals surface area (Å²) in [5, 5.41) is 4.07. The highest BCUT2D eigenvalue weighted by Gasteiger charge is 2.30. The van der Waals surface area contributed by atoms with Crippen LogP contribution in [0.1, 0.15) is 25.0 Å². The zero-order valence-corrected chi connectivity index (χ0v) is 11.8. The third kappa shape index (κ3) is 2.38. The highest BCUT2D eigenvalue weighted by Crippen LogP contribution is 2.36. The molecule has 0 saturated heterocycles. The van der Waals surface area contributed by atoms with Gasteiger partial charge in [0.2, 0.25) is 0 Å². The van der Waals surface area contributed by atoms with E-state index in [0.29, 0.717) is 6.42 Å². The van der Waals surface area contributed by atoms with Crippen molar-refractivity contribution in [2.75, 3.05) is 0 Å². The van der Waals surface area contributed by atoms with E-state index in [-0.39, 0.29) is 29.9 Å². The van der Waals surface area contributed by atoms with Crippen LogP contribution in [0, 0.1) is 11.7 Å². The van der Waals surface area contributed by atoms with Crippen LogP contribution in [-0.2, 0) is 12.8 Å². The summed E-state index contributed by atoms with van der Waals surface area (Å²) in [4.78, 5) is 0. The maximum atomic E-state index is 13.8. The minimum absolute atomic E-state index is 0.0571. The Hall–Kier alpha value is -1.62. The normalized spacial score (nSPS) is 28.9. The van der Waals surface area contributed by atoms with Crippen LogP contribution >= 0.6 is 0 Å². The minimum Gasteiger partial charge on any atom is -0.488 e. The van der Waals surface area contributed by atoms with Crippen LogP contribution in [0.2, 0.25) is 0 Å². The molecular formula is C15H20FN3O. The summed E-state index contributed by atoms with van der Waals surface area (Å²) in [6, 6.07) is 3.33. The molecule has 0 saturated carbocycles. The molecule has 2 aliphatic heterocycles. The molecule has 5 heteroatoms. The fourth-order valence-corrected chi connectivity index (χ4v) is 2.83. The lowest BCUT2D eigenvalue weighted by Crippen LogP contribution is -2.35. The van der Waals surface area contributed by atoms with Gasteiger partial charge in [-0.1, -0.05) is 0 Å². The fourth-order valence-electron chi connectivity index (χ4n) is 2.83. The highest BCUT2D eigenvalue weighted by molar-refractivity contribution is 5.64. The second-order valence-electron chi connectivity index (χ2n) is 5.84. The van der Waals surface area contributed by atoms with Gasteiger partial charge in [-0.25, -0.2) is 4.39 Å². The number of nitrogens with one attached hydrogen (secondary N) is 1. The molecule has 0 amide bonds. The predicted octanol–water partition coefficient (Wildman–Crippen LogP) is 1.61. The molecule has 4 nitrogen and oxygen atoms in total. The van der Waals surface area contributed by atoms with E-state index in [1.165, 1.54) is 0 Å². The maximum absolute atomic E-state index is 13.8. The fraction of sp³-hybridized carbons (Fsp3) is 0.533. The van der Waals surface area contributed by atoms with Gasteiger partial charge in [-0.2, -0.15) is 5.10 Å². The van der Waals surface area contributed by atoms with Gasteiger partial charge in [-0.3, -0.25) is 0 Å². The summed E-state index contributed by atoms with van der Waals surface area (Å²) in [5.74, 6) is 0.878. The molecule has 0 bridgehead atoms. The molecule has 3 rings (SSSR count). The lowest BCUT2D eigenvalue weighted by atomic mass is 9.93. The predicted molar refractivity (Wildman–Crippen MR) is 76.5 cm³/mol. The molecule has 2 aliphatic rings. The number of halogens is 1. The molecule has 0 spiro atoms. The van der Waals surface area contributed by atoms with Crippen molar-refractivity contribution in [1.82, 2.24) is 5.43 Å². The molecule has 4 atom stereocenters. The number of hydrogen-bond donors (Lipinski definition) is 2. The molecule has 0 aromatic heterocycles. The van der Waals surface area contributed by atoms with Crippen molar-refractivity contribution < 1.29 is 9.13 Å². The molecule has 1 aromatic rings. The Kier molecular flexibility index (Phi) is 3.38. The largest absolute Gasteiger partial charge is 0.488 e. The Morgan fingerprint density at radius 1 is 1.55 bits per heavy atom. The van der Waals surface area contributed by atoms with Gasteiger partial charge >= 0.3 is 0 Å². The topological polar surface area (TPSA) is 59.6 Å². The smallest absolute Gasteiger partial charge is 0.126 e. The average molecular weight is 277 g/mol. The van der Waals surface area contributed by atoms with E-state index in [0.717, 1.165) is 23.3 Å². The van der Waals surface area contributed by atoms with Gasteiger partial charge in [0.1, 0.15) is 17.7 Å². The first-order valence-corrected chi connectivity index (χ1v) is 7.07. The zero-order valence-electron chi connectivity index (χ0n) is 11.8. The quantitative estimate of drug-likeness (QED) is 0.882. The van der Waals surface area contributed by atoms with Crippen LogP contribution in [0.15, 0.2) is 17.2 Å². The molecule has 0 aliphatic carbocycles. The Bertz CT molecular complexity index is 544. The monoisotopic (exact) mass is 277 g/mol. The van der Waals surface area contributed by atoms with Crippen LogP contribution in [-0.4, -0.2) is 24.4 Å². The Balaban J connectivity index is 1.87.